The first-order valence-electron chi connectivity index (χ1n) is 5.12. The van der Waals surface area contributed by atoms with Crippen LogP contribution in [0.15, 0.2) is 36.5 Å². The number of nitrogen functional groups attached to an aromatic ring is 1. The molecule has 0 saturated carbocycles. The molecule has 0 aliphatic rings. The van der Waals surface area contributed by atoms with Crippen molar-refractivity contribution in [1.82, 2.24) is 9.97 Å². The highest BCUT2D eigenvalue weighted by atomic mass is 16.1. The number of benzene rings is 1. The van der Waals surface area contributed by atoms with Gasteiger partial charge in [-0.3, -0.25) is 4.79 Å². The fraction of sp³-hybridized carbons (Fsp3) is 0.0833. The fourth-order valence-corrected chi connectivity index (χ4v) is 1.38. The van der Waals surface area contributed by atoms with Crippen molar-refractivity contribution in [2.24, 2.45) is 0 Å². The van der Waals surface area contributed by atoms with Crippen molar-refractivity contribution in [2.75, 3.05) is 11.1 Å². The van der Waals surface area contributed by atoms with Crippen molar-refractivity contribution in [3.63, 3.8) is 0 Å². The number of rotatable bonds is 2. The number of carbonyl (C=O) groups excluding carboxylic acids is 1. The highest BCUT2D eigenvalue weighted by molar-refractivity contribution is 6.04. The van der Waals surface area contributed by atoms with Gasteiger partial charge in [-0.15, -0.1) is 0 Å². The van der Waals surface area contributed by atoms with Crippen molar-refractivity contribution >= 4 is 17.3 Å². The van der Waals surface area contributed by atoms with Crippen LogP contribution >= 0.6 is 0 Å². The molecule has 2 rings (SSSR count). The van der Waals surface area contributed by atoms with E-state index in [9.17, 15) is 4.79 Å². The molecule has 5 nitrogen and oxygen atoms in total. The predicted octanol–water partition coefficient (Wildman–Crippen LogP) is 1.62. The van der Waals surface area contributed by atoms with E-state index in [1.54, 1.807) is 43.5 Å². The summed E-state index contributed by atoms with van der Waals surface area (Å²) in [5.74, 6) is 0.257. The highest BCUT2D eigenvalue weighted by Gasteiger charge is 2.09. The molecule has 1 aromatic heterocycles. The van der Waals surface area contributed by atoms with E-state index in [0.29, 0.717) is 22.9 Å². The molecule has 1 amide bonds. The summed E-state index contributed by atoms with van der Waals surface area (Å²) in [5.41, 5.74) is 7.15. The Morgan fingerprint density at radius 3 is 2.76 bits per heavy atom. The van der Waals surface area contributed by atoms with Gasteiger partial charge in [0.15, 0.2) is 0 Å². The molecule has 0 spiro atoms. The number of nitrogens with zero attached hydrogens (tertiary/aromatic N) is 2. The third-order valence-corrected chi connectivity index (χ3v) is 2.22. The largest absolute Gasteiger partial charge is 0.397 e. The second-order valence-electron chi connectivity index (χ2n) is 3.53. The molecule has 0 aliphatic carbocycles. The molecule has 0 saturated heterocycles. The van der Waals surface area contributed by atoms with E-state index in [0.717, 1.165) is 0 Å². The zero-order chi connectivity index (χ0) is 12.3. The van der Waals surface area contributed by atoms with E-state index in [1.165, 1.54) is 0 Å². The molecule has 3 N–H and O–H groups in total. The van der Waals surface area contributed by atoms with Crippen LogP contribution in [0.3, 0.4) is 0 Å². The number of aryl methyl sites for hydroxylation is 1. The van der Waals surface area contributed by atoms with Crippen molar-refractivity contribution in [2.45, 2.75) is 6.92 Å². The second kappa shape index (κ2) is 4.61. The second-order valence-corrected chi connectivity index (χ2v) is 3.53. The Morgan fingerprint density at radius 1 is 1.29 bits per heavy atom. The summed E-state index contributed by atoms with van der Waals surface area (Å²) in [6.07, 6.45) is 1.55. The van der Waals surface area contributed by atoms with Crippen LogP contribution in [-0.2, 0) is 0 Å². The summed E-state index contributed by atoms with van der Waals surface area (Å²) < 4.78 is 0. The van der Waals surface area contributed by atoms with Crippen molar-refractivity contribution in [1.29, 1.82) is 0 Å². The molecule has 0 atom stereocenters. The van der Waals surface area contributed by atoms with E-state index >= 15 is 0 Å². The van der Waals surface area contributed by atoms with E-state index in [2.05, 4.69) is 15.3 Å². The third-order valence-electron chi connectivity index (χ3n) is 2.22. The highest BCUT2D eigenvalue weighted by Crippen LogP contribution is 2.17. The van der Waals surface area contributed by atoms with Crippen LogP contribution in [0.2, 0.25) is 0 Å². The summed E-state index contributed by atoms with van der Waals surface area (Å²) in [6, 6.07) is 8.63. The van der Waals surface area contributed by atoms with Crippen molar-refractivity contribution in [3.05, 3.63) is 48.0 Å². The Morgan fingerprint density at radius 2 is 2.06 bits per heavy atom. The number of para-hydroxylation sites is 2. The van der Waals surface area contributed by atoms with Gasteiger partial charge in [-0.1, -0.05) is 12.1 Å². The lowest BCUT2D eigenvalue weighted by Gasteiger charge is -2.07. The molecule has 0 radical (unpaired) electrons. The van der Waals surface area contributed by atoms with Gasteiger partial charge in [0.1, 0.15) is 11.5 Å². The molecule has 0 bridgehead atoms. The number of anilines is 2. The first-order chi connectivity index (χ1) is 8.16. The molecule has 86 valence electrons. The first kappa shape index (κ1) is 11.1. The molecular weight excluding hydrogens is 216 g/mol. The minimum Gasteiger partial charge on any atom is -0.397 e. The van der Waals surface area contributed by atoms with Gasteiger partial charge in [-0.25, -0.2) is 9.97 Å². The Bertz CT molecular complexity index is 554. The molecule has 0 aliphatic heterocycles. The number of aromatic nitrogens is 2. The Labute approximate surface area is 98.7 Å². The van der Waals surface area contributed by atoms with Gasteiger partial charge in [-0.2, -0.15) is 0 Å². The first-order valence-corrected chi connectivity index (χ1v) is 5.12. The summed E-state index contributed by atoms with van der Waals surface area (Å²) in [4.78, 5) is 19.8. The molecular formula is C12H12N4O. The molecule has 5 heteroatoms. The van der Waals surface area contributed by atoms with Gasteiger partial charge in [0.2, 0.25) is 0 Å². The smallest absolute Gasteiger partial charge is 0.274 e. The van der Waals surface area contributed by atoms with Crippen LogP contribution in [0, 0.1) is 6.92 Å². The molecule has 1 heterocycles. The van der Waals surface area contributed by atoms with Crippen molar-refractivity contribution < 1.29 is 4.79 Å². The number of nitrogens with two attached hydrogens (primary N) is 1. The predicted molar refractivity (Wildman–Crippen MR) is 65.6 cm³/mol. The van der Waals surface area contributed by atoms with Gasteiger partial charge in [0, 0.05) is 6.20 Å². The molecule has 17 heavy (non-hydrogen) atoms. The van der Waals surface area contributed by atoms with E-state index in [4.69, 9.17) is 5.73 Å². The van der Waals surface area contributed by atoms with Crippen LogP contribution in [0.1, 0.15) is 16.3 Å². The minimum atomic E-state index is -0.298. The Hall–Kier alpha value is -2.43. The molecule has 0 fully saturated rings. The monoisotopic (exact) mass is 228 g/mol. The summed E-state index contributed by atoms with van der Waals surface area (Å²) in [7, 11) is 0. The fourth-order valence-electron chi connectivity index (χ4n) is 1.38. The van der Waals surface area contributed by atoms with E-state index in [-0.39, 0.29) is 5.91 Å². The standard InChI is InChI=1S/C12H12N4O/c1-8-14-7-6-11(15-8)12(17)16-10-5-3-2-4-9(10)13/h2-7H,13H2,1H3,(H,16,17). The number of hydrogen-bond donors (Lipinski definition) is 2. The number of amides is 1. The Kier molecular flexibility index (Phi) is 3.00. The lowest BCUT2D eigenvalue weighted by Crippen LogP contribution is -2.15. The van der Waals surface area contributed by atoms with Gasteiger partial charge in [0.25, 0.3) is 5.91 Å². The normalized spacial score (nSPS) is 9.94. The quantitative estimate of drug-likeness (QED) is 0.765. The lowest BCUT2D eigenvalue weighted by atomic mass is 10.2. The van der Waals surface area contributed by atoms with Gasteiger partial charge < -0.3 is 11.1 Å². The van der Waals surface area contributed by atoms with Gasteiger partial charge >= 0.3 is 0 Å². The number of nitrogens with one attached hydrogen (secondary N) is 1. The molecule has 2 aromatic rings. The van der Waals surface area contributed by atoms with Crippen LogP contribution in [0.4, 0.5) is 11.4 Å². The maximum atomic E-state index is 11.9. The van der Waals surface area contributed by atoms with Gasteiger partial charge in [0.05, 0.1) is 11.4 Å². The van der Waals surface area contributed by atoms with Crippen molar-refractivity contribution in [3.8, 4) is 0 Å². The zero-order valence-corrected chi connectivity index (χ0v) is 9.34. The van der Waals surface area contributed by atoms with E-state index < -0.39 is 0 Å². The summed E-state index contributed by atoms with van der Waals surface area (Å²) in [5, 5.41) is 2.70. The summed E-state index contributed by atoms with van der Waals surface area (Å²) >= 11 is 0. The number of carbonyl (C=O) groups is 1. The molecule has 0 unspecified atom stereocenters. The molecule has 1 aromatic carbocycles. The van der Waals surface area contributed by atoms with Crippen LogP contribution in [0.5, 0.6) is 0 Å². The maximum Gasteiger partial charge on any atom is 0.274 e. The number of hydrogen-bond acceptors (Lipinski definition) is 4. The topological polar surface area (TPSA) is 80.9 Å². The summed E-state index contributed by atoms with van der Waals surface area (Å²) in [6.45, 7) is 1.73. The minimum absolute atomic E-state index is 0.298. The average molecular weight is 228 g/mol. The van der Waals surface area contributed by atoms with Crippen LogP contribution < -0.4 is 11.1 Å². The van der Waals surface area contributed by atoms with E-state index in [1.807, 2.05) is 0 Å². The van der Waals surface area contributed by atoms with Crippen LogP contribution in [-0.4, -0.2) is 15.9 Å². The maximum absolute atomic E-state index is 11.9. The zero-order valence-electron chi connectivity index (χ0n) is 9.34. The van der Waals surface area contributed by atoms with Gasteiger partial charge in [-0.05, 0) is 25.1 Å². The SMILES string of the molecule is Cc1nccc(C(=O)Nc2ccccc2N)n1. The third kappa shape index (κ3) is 2.57. The van der Waals surface area contributed by atoms with Crippen LogP contribution in [0.25, 0.3) is 0 Å². The Balaban J connectivity index is 2.20. The average Bonchev–Trinajstić information content (AvgIpc) is 2.32. The lowest BCUT2D eigenvalue weighted by molar-refractivity contribution is 0.102.